The average Bonchev–Trinajstić information content (AvgIpc) is 2.37. The normalized spacial score (nSPS) is 21.7. The van der Waals surface area contributed by atoms with Crippen LogP contribution in [0.3, 0.4) is 0 Å². The lowest BCUT2D eigenvalue weighted by Gasteiger charge is -2.31. The van der Waals surface area contributed by atoms with Crippen molar-refractivity contribution < 1.29 is 5.11 Å². The molecule has 1 nitrogen and oxygen atoms in total. The van der Waals surface area contributed by atoms with Crippen molar-refractivity contribution in [2.45, 2.75) is 59.5 Å². The molecule has 0 fully saturated rings. The number of aliphatic hydroxyl groups is 1. The minimum absolute atomic E-state index is 0.192. The van der Waals surface area contributed by atoms with Gasteiger partial charge in [-0.1, -0.05) is 56.1 Å². The van der Waals surface area contributed by atoms with Crippen LogP contribution < -0.4 is 0 Å². The SMILES string of the molecule is C=CC(C)(O)C=CC=C(C)C#CC1=C(C)CCCC1(C)C. The van der Waals surface area contributed by atoms with Crippen molar-refractivity contribution in [2.24, 2.45) is 5.41 Å². The zero-order valence-corrected chi connectivity index (χ0v) is 14.1. The van der Waals surface area contributed by atoms with Gasteiger partial charge in [0.05, 0.1) is 5.60 Å². The summed E-state index contributed by atoms with van der Waals surface area (Å²) in [4.78, 5) is 0. The minimum atomic E-state index is -0.964. The van der Waals surface area contributed by atoms with Crippen molar-refractivity contribution in [3.8, 4) is 11.8 Å². The topological polar surface area (TPSA) is 20.2 Å². The second kappa shape index (κ2) is 6.96. The molecular weight excluding hydrogens is 256 g/mol. The van der Waals surface area contributed by atoms with E-state index in [0.717, 1.165) is 12.0 Å². The molecule has 0 aromatic heterocycles. The van der Waals surface area contributed by atoms with Gasteiger partial charge < -0.3 is 5.11 Å². The predicted molar refractivity (Wildman–Crippen MR) is 91.8 cm³/mol. The maximum absolute atomic E-state index is 9.80. The maximum Gasteiger partial charge on any atom is 0.0981 e. The van der Waals surface area contributed by atoms with Gasteiger partial charge in [-0.15, -0.1) is 0 Å². The van der Waals surface area contributed by atoms with Gasteiger partial charge in [0.1, 0.15) is 0 Å². The van der Waals surface area contributed by atoms with E-state index < -0.39 is 5.60 Å². The van der Waals surface area contributed by atoms with Crippen molar-refractivity contribution in [1.29, 1.82) is 0 Å². The van der Waals surface area contributed by atoms with Crippen molar-refractivity contribution >= 4 is 0 Å². The summed E-state index contributed by atoms with van der Waals surface area (Å²) in [5.74, 6) is 6.60. The minimum Gasteiger partial charge on any atom is -0.382 e. The van der Waals surface area contributed by atoms with E-state index >= 15 is 0 Å². The van der Waals surface area contributed by atoms with Crippen molar-refractivity contribution in [3.63, 3.8) is 0 Å². The zero-order valence-electron chi connectivity index (χ0n) is 14.1. The van der Waals surface area contributed by atoms with E-state index in [2.05, 4.69) is 39.2 Å². The molecule has 1 rings (SSSR count). The molecule has 1 unspecified atom stereocenters. The van der Waals surface area contributed by atoms with Crippen molar-refractivity contribution in [3.05, 3.63) is 47.6 Å². The molecule has 0 aromatic rings. The molecule has 0 saturated carbocycles. The third-order valence-electron chi connectivity index (χ3n) is 4.03. The lowest BCUT2D eigenvalue weighted by atomic mass is 9.73. The van der Waals surface area contributed by atoms with E-state index in [9.17, 15) is 5.11 Å². The maximum atomic E-state index is 9.80. The second-order valence-corrected chi connectivity index (χ2v) is 6.78. The van der Waals surface area contributed by atoms with Crippen LogP contribution in [-0.2, 0) is 0 Å². The summed E-state index contributed by atoms with van der Waals surface area (Å²) in [6.45, 7) is 14.0. The Morgan fingerprint density at radius 3 is 2.67 bits per heavy atom. The van der Waals surface area contributed by atoms with E-state index in [0.29, 0.717) is 0 Å². The van der Waals surface area contributed by atoms with Crippen molar-refractivity contribution in [1.82, 2.24) is 0 Å². The molecule has 0 radical (unpaired) electrons. The first kappa shape index (κ1) is 17.5. The summed E-state index contributed by atoms with van der Waals surface area (Å²) in [5.41, 5.74) is 2.94. The Hall–Kier alpha value is -1.52. The molecule has 0 aromatic carbocycles. The Morgan fingerprint density at radius 1 is 1.43 bits per heavy atom. The van der Waals surface area contributed by atoms with Crippen LogP contribution in [0.5, 0.6) is 0 Å². The highest BCUT2D eigenvalue weighted by atomic mass is 16.3. The molecule has 114 valence electrons. The molecule has 0 heterocycles. The smallest absolute Gasteiger partial charge is 0.0981 e. The molecule has 1 atom stereocenters. The quantitative estimate of drug-likeness (QED) is 0.441. The molecule has 1 heteroatoms. The highest BCUT2D eigenvalue weighted by Crippen LogP contribution is 2.39. The fourth-order valence-corrected chi connectivity index (χ4v) is 2.56. The van der Waals surface area contributed by atoms with E-state index in [4.69, 9.17) is 0 Å². The standard InChI is InChI=1S/C20H28O/c1-7-20(6,21)15-8-10-16(2)12-13-18-17(3)11-9-14-19(18,4)5/h7-8,10,15,21H,1,9,11,14H2,2-6H3. The molecule has 1 N–H and O–H groups in total. The third kappa shape index (κ3) is 5.40. The fraction of sp³-hybridized carbons (Fsp3) is 0.500. The molecule has 0 amide bonds. The van der Waals surface area contributed by atoms with Gasteiger partial charge in [-0.2, -0.15) is 0 Å². The first-order valence-electron chi connectivity index (χ1n) is 7.62. The molecule has 21 heavy (non-hydrogen) atoms. The van der Waals surface area contributed by atoms with Crippen LogP contribution in [0.4, 0.5) is 0 Å². The lowest BCUT2D eigenvalue weighted by molar-refractivity contribution is 0.164. The Morgan fingerprint density at radius 2 is 2.10 bits per heavy atom. The van der Waals surface area contributed by atoms with E-state index in [1.54, 1.807) is 13.0 Å². The highest BCUT2D eigenvalue weighted by molar-refractivity contribution is 5.44. The molecule has 0 saturated heterocycles. The van der Waals surface area contributed by atoms with Crippen LogP contribution in [0.25, 0.3) is 0 Å². The Kier molecular flexibility index (Phi) is 5.81. The number of allylic oxidation sites excluding steroid dienone is 5. The number of rotatable bonds is 3. The first-order valence-corrected chi connectivity index (χ1v) is 7.62. The van der Waals surface area contributed by atoms with Crippen LogP contribution in [0.2, 0.25) is 0 Å². The van der Waals surface area contributed by atoms with Gasteiger partial charge >= 0.3 is 0 Å². The summed E-state index contributed by atoms with van der Waals surface area (Å²) in [5, 5.41) is 9.80. The van der Waals surface area contributed by atoms with Crippen LogP contribution >= 0.6 is 0 Å². The molecule has 1 aliphatic rings. The third-order valence-corrected chi connectivity index (χ3v) is 4.03. The summed E-state index contributed by atoms with van der Waals surface area (Å²) >= 11 is 0. The van der Waals surface area contributed by atoms with Gasteiger partial charge in [0.15, 0.2) is 0 Å². The van der Waals surface area contributed by atoms with Crippen LogP contribution in [-0.4, -0.2) is 10.7 Å². The summed E-state index contributed by atoms with van der Waals surface area (Å²) in [6.07, 6.45) is 10.6. The molecule has 0 aliphatic heterocycles. The van der Waals surface area contributed by atoms with Gasteiger partial charge in [-0.25, -0.2) is 0 Å². The second-order valence-electron chi connectivity index (χ2n) is 6.78. The van der Waals surface area contributed by atoms with E-state index in [1.165, 1.54) is 30.1 Å². The van der Waals surface area contributed by atoms with Gasteiger partial charge in [0.25, 0.3) is 0 Å². The average molecular weight is 284 g/mol. The molecule has 0 spiro atoms. The van der Waals surface area contributed by atoms with Gasteiger partial charge in [0, 0.05) is 5.57 Å². The molecule has 1 aliphatic carbocycles. The van der Waals surface area contributed by atoms with Crippen LogP contribution in [0.15, 0.2) is 47.6 Å². The van der Waals surface area contributed by atoms with Gasteiger partial charge in [0.2, 0.25) is 0 Å². The highest BCUT2D eigenvalue weighted by Gasteiger charge is 2.27. The fourth-order valence-electron chi connectivity index (χ4n) is 2.56. The number of hydrogen-bond donors (Lipinski definition) is 1. The van der Waals surface area contributed by atoms with Crippen LogP contribution in [0, 0.1) is 17.3 Å². The summed E-state index contributed by atoms with van der Waals surface area (Å²) < 4.78 is 0. The lowest BCUT2D eigenvalue weighted by Crippen LogP contribution is -2.19. The monoisotopic (exact) mass is 284 g/mol. The molecule has 0 bridgehead atoms. The Bertz CT molecular complexity index is 542. The summed E-state index contributed by atoms with van der Waals surface area (Å²) in [6, 6.07) is 0. The van der Waals surface area contributed by atoms with E-state index in [-0.39, 0.29) is 5.41 Å². The molecular formula is C20H28O. The van der Waals surface area contributed by atoms with Crippen LogP contribution in [0.1, 0.15) is 53.9 Å². The van der Waals surface area contributed by atoms with Gasteiger partial charge in [-0.3, -0.25) is 0 Å². The Labute approximate surface area is 130 Å². The largest absolute Gasteiger partial charge is 0.382 e. The Balaban J connectivity index is 2.89. The summed E-state index contributed by atoms with van der Waals surface area (Å²) in [7, 11) is 0. The predicted octanol–water partition coefficient (Wildman–Crippen LogP) is 4.96. The number of hydrogen-bond acceptors (Lipinski definition) is 1. The van der Waals surface area contributed by atoms with Gasteiger partial charge in [-0.05, 0) is 57.1 Å². The first-order chi connectivity index (χ1) is 9.68. The van der Waals surface area contributed by atoms with Crippen molar-refractivity contribution in [2.75, 3.05) is 0 Å². The van der Waals surface area contributed by atoms with E-state index in [1.807, 2.05) is 19.1 Å². The zero-order chi connectivity index (χ0) is 16.1.